The van der Waals surface area contributed by atoms with Gasteiger partial charge in [-0.2, -0.15) is 0 Å². The van der Waals surface area contributed by atoms with Crippen LogP contribution in [0.2, 0.25) is 0 Å². The van der Waals surface area contributed by atoms with E-state index in [9.17, 15) is 0 Å². The number of hydrogen-bond acceptors (Lipinski definition) is 2. The van der Waals surface area contributed by atoms with Crippen molar-refractivity contribution in [3.8, 4) is 0 Å². The fourth-order valence-corrected chi connectivity index (χ4v) is 3.17. The monoisotopic (exact) mass is 243 g/mol. The molecule has 1 aromatic heterocycles. The summed E-state index contributed by atoms with van der Waals surface area (Å²) in [5.41, 5.74) is 9.67. The molecule has 2 aromatic rings. The van der Waals surface area contributed by atoms with E-state index in [1.54, 1.807) is 0 Å². The largest absolute Gasteiger partial charge is 0.372 e. The minimum Gasteiger partial charge on any atom is -0.372 e. The highest BCUT2D eigenvalue weighted by Gasteiger charge is 2.27. The molecule has 0 unspecified atom stereocenters. The summed E-state index contributed by atoms with van der Waals surface area (Å²) >= 11 is 0. The lowest BCUT2D eigenvalue weighted by Crippen LogP contribution is -2.42. The number of fused-ring (bicyclic) bond motifs is 1. The molecular weight excluding hydrogens is 222 g/mol. The van der Waals surface area contributed by atoms with E-state index >= 15 is 0 Å². The Balaban J connectivity index is 1.86. The van der Waals surface area contributed by atoms with Gasteiger partial charge in [-0.05, 0) is 31.7 Å². The van der Waals surface area contributed by atoms with Crippen LogP contribution in [0.15, 0.2) is 24.3 Å². The lowest BCUT2D eigenvalue weighted by Gasteiger charge is -2.36. The van der Waals surface area contributed by atoms with Gasteiger partial charge in [0.15, 0.2) is 0 Å². The van der Waals surface area contributed by atoms with Crippen LogP contribution in [0.4, 0.5) is 5.69 Å². The maximum atomic E-state index is 5.86. The van der Waals surface area contributed by atoms with E-state index in [2.05, 4.69) is 48.1 Å². The van der Waals surface area contributed by atoms with Gasteiger partial charge in [-0.25, -0.2) is 0 Å². The third kappa shape index (κ3) is 1.89. The second-order valence-electron chi connectivity index (χ2n) is 5.62. The first-order chi connectivity index (χ1) is 8.65. The van der Waals surface area contributed by atoms with Crippen molar-refractivity contribution in [2.45, 2.75) is 25.8 Å². The Hall–Kier alpha value is -1.48. The van der Waals surface area contributed by atoms with Gasteiger partial charge >= 0.3 is 0 Å². The lowest BCUT2D eigenvalue weighted by molar-refractivity contribution is 0.271. The van der Waals surface area contributed by atoms with Crippen LogP contribution in [0.1, 0.15) is 18.5 Å². The molecular formula is C15H21N3. The van der Waals surface area contributed by atoms with E-state index in [1.807, 2.05) is 0 Å². The van der Waals surface area contributed by atoms with E-state index in [1.165, 1.54) is 35.1 Å². The van der Waals surface area contributed by atoms with E-state index in [0.29, 0.717) is 6.04 Å². The summed E-state index contributed by atoms with van der Waals surface area (Å²) in [6.45, 7) is 3.26. The van der Waals surface area contributed by atoms with Gasteiger partial charge in [0.25, 0.3) is 0 Å². The lowest BCUT2D eigenvalue weighted by atomic mass is 9.80. The maximum Gasteiger partial charge on any atom is 0.0651 e. The number of H-pyrrole nitrogens is 1. The zero-order chi connectivity index (χ0) is 12.7. The van der Waals surface area contributed by atoms with E-state index < -0.39 is 0 Å². The van der Waals surface area contributed by atoms with Crippen molar-refractivity contribution in [3.63, 3.8) is 0 Å². The van der Waals surface area contributed by atoms with E-state index in [-0.39, 0.29) is 0 Å². The van der Waals surface area contributed by atoms with Crippen LogP contribution in [0.3, 0.4) is 0 Å². The number of nitrogens with zero attached hydrogens (tertiary/aromatic N) is 1. The number of hydrogen-bond donors (Lipinski definition) is 2. The number of rotatable bonds is 3. The minimum atomic E-state index is 0.437. The van der Waals surface area contributed by atoms with Crippen LogP contribution < -0.4 is 10.6 Å². The molecule has 3 rings (SSSR count). The highest BCUT2D eigenvalue weighted by Crippen LogP contribution is 2.33. The van der Waals surface area contributed by atoms with Gasteiger partial charge in [0.05, 0.1) is 5.69 Å². The summed E-state index contributed by atoms with van der Waals surface area (Å²) in [7, 11) is 2.19. The van der Waals surface area contributed by atoms with Crippen molar-refractivity contribution >= 4 is 16.6 Å². The Morgan fingerprint density at radius 2 is 2.06 bits per heavy atom. The summed E-state index contributed by atoms with van der Waals surface area (Å²) in [6.07, 6.45) is 2.34. The molecule has 0 spiro atoms. The van der Waals surface area contributed by atoms with Crippen LogP contribution in [-0.4, -0.2) is 24.6 Å². The first-order valence-electron chi connectivity index (χ1n) is 6.69. The number of aryl methyl sites for hydroxylation is 1. The summed E-state index contributed by atoms with van der Waals surface area (Å²) in [6, 6.07) is 8.95. The Labute approximate surface area is 108 Å². The molecule has 1 saturated carbocycles. The topological polar surface area (TPSA) is 45.0 Å². The van der Waals surface area contributed by atoms with Crippen LogP contribution in [0.25, 0.3) is 10.9 Å². The van der Waals surface area contributed by atoms with Gasteiger partial charge in [-0.3, -0.25) is 0 Å². The number of para-hydroxylation sites is 1. The molecule has 0 aliphatic heterocycles. The summed E-state index contributed by atoms with van der Waals surface area (Å²) in [5, 5.41) is 1.32. The number of benzene rings is 1. The van der Waals surface area contributed by atoms with E-state index in [0.717, 1.165) is 12.5 Å². The van der Waals surface area contributed by atoms with Crippen molar-refractivity contribution in [2.24, 2.45) is 11.7 Å². The Kier molecular flexibility index (Phi) is 2.78. The molecule has 1 aliphatic rings. The highest BCUT2D eigenvalue weighted by molar-refractivity contribution is 5.94. The van der Waals surface area contributed by atoms with Gasteiger partial charge in [0, 0.05) is 36.2 Å². The molecule has 96 valence electrons. The number of aromatic nitrogens is 1. The average Bonchev–Trinajstić information content (AvgIpc) is 2.62. The Morgan fingerprint density at radius 1 is 1.33 bits per heavy atom. The van der Waals surface area contributed by atoms with Gasteiger partial charge in [0.2, 0.25) is 0 Å². The van der Waals surface area contributed by atoms with E-state index in [4.69, 9.17) is 5.73 Å². The van der Waals surface area contributed by atoms with Crippen LogP contribution in [-0.2, 0) is 0 Å². The standard InChI is InChI=1S/C15H21N3/c1-10-15(13-5-3-4-6-14(13)17-10)18(2)9-11-7-12(16)8-11/h3-6,11-12,17H,7-9,16H2,1-2H3. The Morgan fingerprint density at radius 3 is 2.78 bits per heavy atom. The van der Waals surface area contributed by atoms with Crippen molar-refractivity contribution < 1.29 is 0 Å². The van der Waals surface area contributed by atoms with Crippen LogP contribution in [0.5, 0.6) is 0 Å². The smallest absolute Gasteiger partial charge is 0.0651 e. The second-order valence-corrected chi connectivity index (χ2v) is 5.62. The third-order valence-electron chi connectivity index (χ3n) is 4.05. The number of nitrogens with one attached hydrogen (secondary N) is 1. The SMILES string of the molecule is Cc1[nH]c2ccccc2c1N(C)CC1CC(N)C1. The number of aromatic amines is 1. The average molecular weight is 243 g/mol. The molecule has 3 nitrogen and oxygen atoms in total. The molecule has 1 fully saturated rings. The zero-order valence-electron chi connectivity index (χ0n) is 11.1. The van der Waals surface area contributed by atoms with Gasteiger partial charge in [-0.1, -0.05) is 18.2 Å². The molecule has 1 aliphatic carbocycles. The van der Waals surface area contributed by atoms with Gasteiger partial charge in [0.1, 0.15) is 0 Å². The highest BCUT2D eigenvalue weighted by atomic mass is 15.1. The number of anilines is 1. The summed E-state index contributed by atoms with van der Waals surface area (Å²) in [4.78, 5) is 5.84. The molecule has 18 heavy (non-hydrogen) atoms. The molecule has 0 bridgehead atoms. The van der Waals surface area contributed by atoms with Crippen molar-refractivity contribution in [1.29, 1.82) is 0 Å². The predicted octanol–water partition coefficient (Wildman–Crippen LogP) is 2.65. The molecule has 0 amide bonds. The van der Waals surface area contributed by atoms with Crippen molar-refractivity contribution in [1.82, 2.24) is 4.98 Å². The first-order valence-corrected chi connectivity index (χ1v) is 6.69. The second kappa shape index (κ2) is 4.32. The Bertz CT molecular complexity index is 552. The first kappa shape index (κ1) is 11.6. The van der Waals surface area contributed by atoms with Crippen molar-refractivity contribution in [2.75, 3.05) is 18.5 Å². The quantitative estimate of drug-likeness (QED) is 0.870. The van der Waals surface area contributed by atoms with Gasteiger partial charge < -0.3 is 15.6 Å². The predicted molar refractivity (Wildman–Crippen MR) is 77.0 cm³/mol. The molecule has 1 heterocycles. The summed E-state index contributed by atoms with van der Waals surface area (Å²) in [5.74, 6) is 0.762. The molecule has 3 N–H and O–H groups in total. The maximum absolute atomic E-state index is 5.86. The van der Waals surface area contributed by atoms with Gasteiger partial charge in [-0.15, -0.1) is 0 Å². The normalized spacial score (nSPS) is 23.1. The molecule has 1 aromatic carbocycles. The van der Waals surface area contributed by atoms with Crippen LogP contribution in [0, 0.1) is 12.8 Å². The summed E-state index contributed by atoms with van der Waals surface area (Å²) < 4.78 is 0. The third-order valence-corrected chi connectivity index (χ3v) is 4.05. The van der Waals surface area contributed by atoms with Crippen LogP contribution >= 0.6 is 0 Å². The fraction of sp³-hybridized carbons (Fsp3) is 0.467. The minimum absolute atomic E-state index is 0.437. The molecule has 0 radical (unpaired) electrons. The molecule has 0 saturated heterocycles. The molecule has 0 atom stereocenters. The fourth-order valence-electron chi connectivity index (χ4n) is 3.17. The molecule has 3 heteroatoms. The number of nitrogens with two attached hydrogens (primary N) is 1. The zero-order valence-corrected chi connectivity index (χ0v) is 11.1. The van der Waals surface area contributed by atoms with Crippen molar-refractivity contribution in [3.05, 3.63) is 30.0 Å².